The number of carbonyl (C=O) groups excluding carboxylic acids is 1. The van der Waals surface area contributed by atoms with E-state index >= 15 is 0 Å². The molecule has 6 heteroatoms. The van der Waals surface area contributed by atoms with E-state index in [2.05, 4.69) is 17.2 Å². The molecule has 0 unspecified atom stereocenters. The minimum atomic E-state index is 0.0678. The number of aryl methyl sites for hydroxylation is 1. The number of hydrogen-bond acceptors (Lipinski definition) is 4. The molecule has 0 bridgehead atoms. The molecule has 3 aromatic rings. The molecule has 1 aromatic carbocycles. The fraction of sp³-hybridized carbons (Fsp3) is 0.364. The Kier molecular flexibility index (Phi) is 5.48. The molecular weight excluding hydrogens is 370 g/mol. The Morgan fingerprint density at radius 3 is 2.75 bits per heavy atom. The van der Waals surface area contributed by atoms with Crippen LogP contribution in [0.15, 0.2) is 47.8 Å². The first-order valence-electron chi connectivity index (χ1n) is 9.67. The van der Waals surface area contributed by atoms with E-state index in [9.17, 15) is 4.79 Å². The lowest BCUT2D eigenvalue weighted by Gasteiger charge is -2.25. The van der Waals surface area contributed by atoms with E-state index < -0.39 is 0 Å². The van der Waals surface area contributed by atoms with Crippen molar-refractivity contribution in [2.75, 3.05) is 20.2 Å². The maximum Gasteiger partial charge on any atom is 0.272 e. The first-order valence-corrected chi connectivity index (χ1v) is 10.5. The lowest BCUT2D eigenvalue weighted by molar-refractivity contribution is 0.0743. The predicted octanol–water partition coefficient (Wildman–Crippen LogP) is 4.57. The molecule has 28 heavy (non-hydrogen) atoms. The molecule has 3 heterocycles. The van der Waals surface area contributed by atoms with Crippen molar-refractivity contribution in [1.29, 1.82) is 0 Å². The number of carbonyl (C=O) groups is 1. The number of rotatable bonds is 4. The van der Waals surface area contributed by atoms with Crippen LogP contribution in [-0.4, -0.2) is 40.8 Å². The predicted molar refractivity (Wildman–Crippen MR) is 112 cm³/mol. The van der Waals surface area contributed by atoms with Crippen LogP contribution in [0.1, 0.15) is 41.2 Å². The van der Waals surface area contributed by atoms with Gasteiger partial charge in [0.2, 0.25) is 0 Å². The molecule has 146 valence electrons. The molecule has 5 nitrogen and oxygen atoms in total. The van der Waals surface area contributed by atoms with Crippen molar-refractivity contribution in [1.82, 2.24) is 14.7 Å². The quantitative estimate of drug-likeness (QED) is 0.650. The van der Waals surface area contributed by atoms with Crippen LogP contribution < -0.4 is 4.74 Å². The lowest BCUT2D eigenvalue weighted by atomic mass is 9.94. The number of methoxy groups -OCH3 is 1. The van der Waals surface area contributed by atoms with Crippen molar-refractivity contribution in [2.45, 2.75) is 25.2 Å². The van der Waals surface area contributed by atoms with Crippen LogP contribution in [0, 0.1) is 0 Å². The van der Waals surface area contributed by atoms with E-state index in [0.29, 0.717) is 11.6 Å². The van der Waals surface area contributed by atoms with E-state index in [-0.39, 0.29) is 5.91 Å². The van der Waals surface area contributed by atoms with Gasteiger partial charge in [0.25, 0.3) is 5.91 Å². The van der Waals surface area contributed by atoms with Crippen molar-refractivity contribution in [3.8, 4) is 16.3 Å². The first-order chi connectivity index (χ1) is 13.7. The first kappa shape index (κ1) is 18.7. The second-order valence-electron chi connectivity index (χ2n) is 7.23. The maximum atomic E-state index is 13.3. The smallest absolute Gasteiger partial charge is 0.272 e. The Bertz CT molecular complexity index is 931. The lowest BCUT2D eigenvalue weighted by Crippen LogP contribution is -2.35. The van der Waals surface area contributed by atoms with Crippen molar-refractivity contribution in [3.05, 3.63) is 59.1 Å². The Morgan fingerprint density at radius 2 is 2.04 bits per heavy atom. The van der Waals surface area contributed by atoms with E-state index in [4.69, 9.17) is 4.74 Å². The summed E-state index contributed by atoms with van der Waals surface area (Å²) in [7, 11) is 3.53. The molecule has 1 amide bonds. The van der Waals surface area contributed by atoms with Gasteiger partial charge in [-0.3, -0.25) is 9.48 Å². The molecule has 1 fully saturated rings. The zero-order valence-corrected chi connectivity index (χ0v) is 17.1. The number of aromatic nitrogens is 2. The summed E-state index contributed by atoms with van der Waals surface area (Å²) in [4.78, 5) is 16.4. The van der Waals surface area contributed by atoms with Gasteiger partial charge >= 0.3 is 0 Å². The molecule has 1 aliphatic rings. The zero-order chi connectivity index (χ0) is 19.5. The van der Waals surface area contributed by atoms with Gasteiger partial charge in [0, 0.05) is 26.1 Å². The number of benzene rings is 1. The van der Waals surface area contributed by atoms with Gasteiger partial charge in [-0.25, -0.2) is 0 Å². The fourth-order valence-electron chi connectivity index (χ4n) is 3.85. The Morgan fingerprint density at radius 1 is 1.21 bits per heavy atom. The van der Waals surface area contributed by atoms with Gasteiger partial charge in [0.05, 0.1) is 12.0 Å². The Balaban J connectivity index is 1.54. The van der Waals surface area contributed by atoms with Crippen molar-refractivity contribution in [2.24, 2.45) is 7.05 Å². The maximum absolute atomic E-state index is 13.3. The highest BCUT2D eigenvalue weighted by Crippen LogP contribution is 2.29. The standard InChI is InChI=1S/C22H25N3O2S/c1-24-20(14-19(23-24)21-7-5-13-28-21)22(26)25-12-4-3-6-17(15-25)16-8-10-18(27-2)11-9-16/h5,7-11,13-14,17H,3-4,6,12,15H2,1-2H3/t17-/m0/s1. The van der Waals surface area contributed by atoms with Gasteiger partial charge in [0.15, 0.2) is 0 Å². The van der Waals surface area contributed by atoms with Crippen LogP contribution in [0.5, 0.6) is 5.75 Å². The third kappa shape index (κ3) is 3.83. The Hall–Kier alpha value is -2.60. The topological polar surface area (TPSA) is 47.4 Å². The number of thiophene rings is 1. The number of amides is 1. The molecule has 1 saturated heterocycles. The zero-order valence-electron chi connectivity index (χ0n) is 16.3. The molecule has 4 rings (SSSR count). The SMILES string of the molecule is COc1ccc([C@H]2CCCCN(C(=O)c3cc(-c4cccs4)nn3C)C2)cc1. The van der Waals surface area contributed by atoms with Crippen molar-refractivity contribution in [3.63, 3.8) is 0 Å². The molecular formula is C22H25N3O2S. The molecule has 0 saturated carbocycles. The third-order valence-corrected chi connectivity index (χ3v) is 6.31. The normalized spacial score (nSPS) is 17.4. The van der Waals surface area contributed by atoms with Gasteiger partial charge in [0.1, 0.15) is 17.1 Å². The van der Waals surface area contributed by atoms with Gasteiger partial charge in [-0.2, -0.15) is 5.10 Å². The van der Waals surface area contributed by atoms with E-state index in [1.165, 1.54) is 5.56 Å². The summed E-state index contributed by atoms with van der Waals surface area (Å²) >= 11 is 1.64. The monoisotopic (exact) mass is 395 g/mol. The van der Waals surface area contributed by atoms with Gasteiger partial charge in [-0.1, -0.05) is 24.6 Å². The minimum Gasteiger partial charge on any atom is -0.497 e. The summed E-state index contributed by atoms with van der Waals surface area (Å²) in [6.07, 6.45) is 3.27. The summed E-state index contributed by atoms with van der Waals surface area (Å²) in [6, 6.07) is 14.2. The van der Waals surface area contributed by atoms with Crippen LogP contribution >= 0.6 is 11.3 Å². The van der Waals surface area contributed by atoms with Crippen LogP contribution in [0.4, 0.5) is 0 Å². The molecule has 0 spiro atoms. The van der Waals surface area contributed by atoms with Gasteiger partial charge in [-0.05, 0) is 48.1 Å². The Labute approximate surface area is 169 Å². The van der Waals surface area contributed by atoms with E-state index in [1.807, 2.05) is 47.7 Å². The second kappa shape index (κ2) is 8.19. The molecule has 0 aliphatic carbocycles. The van der Waals surface area contributed by atoms with E-state index in [1.54, 1.807) is 23.1 Å². The molecule has 0 radical (unpaired) electrons. The molecule has 1 aliphatic heterocycles. The van der Waals surface area contributed by atoms with Crippen LogP contribution in [0.25, 0.3) is 10.6 Å². The van der Waals surface area contributed by atoms with Gasteiger partial charge in [-0.15, -0.1) is 11.3 Å². The molecule has 1 atom stereocenters. The summed E-state index contributed by atoms with van der Waals surface area (Å²) in [6.45, 7) is 1.54. The number of nitrogens with zero attached hydrogens (tertiary/aromatic N) is 3. The minimum absolute atomic E-state index is 0.0678. The number of hydrogen-bond donors (Lipinski definition) is 0. The van der Waals surface area contributed by atoms with Crippen molar-refractivity contribution >= 4 is 17.2 Å². The average molecular weight is 396 g/mol. The largest absolute Gasteiger partial charge is 0.497 e. The molecule has 0 N–H and O–H groups in total. The van der Waals surface area contributed by atoms with Gasteiger partial charge < -0.3 is 9.64 Å². The van der Waals surface area contributed by atoms with Crippen LogP contribution in [-0.2, 0) is 7.05 Å². The number of ether oxygens (including phenoxy) is 1. The second-order valence-corrected chi connectivity index (χ2v) is 8.18. The fourth-order valence-corrected chi connectivity index (χ4v) is 4.53. The highest BCUT2D eigenvalue weighted by Gasteiger charge is 2.26. The van der Waals surface area contributed by atoms with Crippen molar-refractivity contribution < 1.29 is 9.53 Å². The summed E-state index contributed by atoms with van der Waals surface area (Å²) in [5, 5.41) is 6.58. The third-order valence-electron chi connectivity index (χ3n) is 5.42. The molecule has 2 aromatic heterocycles. The summed E-state index contributed by atoms with van der Waals surface area (Å²) in [5.41, 5.74) is 2.78. The number of likely N-dealkylation sites (tertiary alicyclic amines) is 1. The van der Waals surface area contributed by atoms with Crippen LogP contribution in [0.2, 0.25) is 0 Å². The summed E-state index contributed by atoms with van der Waals surface area (Å²) in [5.74, 6) is 1.28. The van der Waals surface area contributed by atoms with Crippen LogP contribution in [0.3, 0.4) is 0 Å². The summed E-state index contributed by atoms with van der Waals surface area (Å²) < 4.78 is 6.98. The van der Waals surface area contributed by atoms with E-state index in [0.717, 1.165) is 48.7 Å². The highest BCUT2D eigenvalue weighted by atomic mass is 32.1. The highest BCUT2D eigenvalue weighted by molar-refractivity contribution is 7.13. The average Bonchev–Trinajstić information content (AvgIpc) is 3.31.